The van der Waals surface area contributed by atoms with Crippen molar-refractivity contribution in [3.8, 4) is 17.2 Å². The van der Waals surface area contributed by atoms with Crippen molar-refractivity contribution < 1.29 is 53.9 Å². The second-order valence-corrected chi connectivity index (χ2v) is 13.4. The lowest BCUT2D eigenvalue weighted by atomic mass is 9.80. The summed E-state index contributed by atoms with van der Waals surface area (Å²) in [5.41, 5.74) is 2.15. The van der Waals surface area contributed by atoms with Gasteiger partial charge < -0.3 is 34.3 Å². The Morgan fingerprint density at radius 3 is 2.26 bits per heavy atom. The summed E-state index contributed by atoms with van der Waals surface area (Å²) in [6, 6.07) is 16.3. The normalized spacial score (nSPS) is 17.8. The molecule has 3 fully saturated rings. The van der Waals surface area contributed by atoms with Crippen LogP contribution < -0.4 is 24.2 Å². The molecule has 4 heterocycles. The number of ether oxygens (including phenoxy) is 3. The molecule has 0 unspecified atom stereocenters. The van der Waals surface area contributed by atoms with Gasteiger partial charge in [0.25, 0.3) is 6.47 Å². The van der Waals surface area contributed by atoms with E-state index in [1.165, 1.54) is 49.7 Å². The molecule has 0 saturated carbocycles. The molecule has 3 aliphatic rings. The number of aromatic nitrogens is 1. The number of aromatic carboxylic acids is 1. The van der Waals surface area contributed by atoms with Crippen LogP contribution in [0.5, 0.6) is 17.2 Å². The van der Waals surface area contributed by atoms with Crippen LogP contribution in [-0.4, -0.2) is 78.8 Å². The Labute approximate surface area is 316 Å². The zero-order valence-corrected chi connectivity index (χ0v) is 30.5. The molecule has 0 spiro atoms. The molecule has 4 aromatic rings. The fraction of sp³-hybridized carbons (Fsp3) is 0.316. The van der Waals surface area contributed by atoms with Crippen molar-refractivity contribution in [2.24, 2.45) is 5.92 Å². The summed E-state index contributed by atoms with van der Waals surface area (Å²) in [7, 11) is 3.01. The Hall–Kier alpha value is -5.24. The third-order valence-corrected chi connectivity index (χ3v) is 10.2. The van der Waals surface area contributed by atoms with E-state index in [0.29, 0.717) is 46.0 Å². The molecule has 0 radical (unpaired) electrons. The Morgan fingerprint density at radius 1 is 1.02 bits per heavy atom. The van der Waals surface area contributed by atoms with Gasteiger partial charge in [0, 0.05) is 34.4 Å². The van der Waals surface area contributed by atoms with Crippen LogP contribution in [0.4, 0.5) is 10.5 Å². The van der Waals surface area contributed by atoms with E-state index in [1.54, 1.807) is 42.5 Å². The number of amides is 1. The number of benzene rings is 3. The first kappa shape index (κ1) is 39.0. The summed E-state index contributed by atoms with van der Waals surface area (Å²) in [5, 5.41) is 40.5. The number of fused-ring (bicyclic) bond motifs is 3. The maximum absolute atomic E-state index is 14.1. The zero-order chi connectivity index (χ0) is 38.2. The Balaban J connectivity index is 0.00000175. The lowest BCUT2D eigenvalue weighted by Gasteiger charge is -2.44. The third-order valence-electron chi connectivity index (χ3n) is 9.59. The van der Waals surface area contributed by atoms with Crippen LogP contribution in [0.3, 0.4) is 0 Å². The average Bonchev–Trinajstić information content (AvgIpc) is 3.14. The standard InChI is InChI=1S/C37H37Cl2N3O8.CH2O2/c1-48-32-10-9-23(15-33(32)49-2)28(17-29-30(38)19-41(47)20-31(29)39)35-24(5-3-8-27(35)36(44)45)18-42(25-6-4-7-26(43)16-25)37(46)50-34-21-40-13-11-22(34)12-14-40;2-1-3/h3-10,15-16,19-20,22,28,34H,11-14,17-18,21H2,1-2H3,(H2-,43,44,45,47);1H,(H,2,3)/t28-,34-;/m0./s1. The van der Waals surface area contributed by atoms with Crippen LogP contribution in [0.1, 0.15) is 51.4 Å². The molecule has 1 aromatic heterocycles. The molecule has 280 valence electrons. The summed E-state index contributed by atoms with van der Waals surface area (Å²) < 4.78 is 18.0. The summed E-state index contributed by atoms with van der Waals surface area (Å²) >= 11 is 13.2. The number of hydrogen-bond acceptors (Lipinski definition) is 10. The number of phenolic OH excluding ortho intramolecular Hbond substituents is 1. The highest BCUT2D eigenvalue weighted by Gasteiger charge is 2.38. The van der Waals surface area contributed by atoms with Gasteiger partial charge in [0.2, 0.25) is 12.4 Å². The smallest absolute Gasteiger partial charge is 0.414 e. The highest BCUT2D eigenvalue weighted by atomic mass is 35.5. The van der Waals surface area contributed by atoms with Crippen LogP contribution in [0.15, 0.2) is 73.1 Å². The number of piperidine rings is 3. The Kier molecular flexibility index (Phi) is 12.9. The highest BCUT2D eigenvalue weighted by molar-refractivity contribution is 6.35. The van der Waals surface area contributed by atoms with Crippen molar-refractivity contribution in [1.29, 1.82) is 0 Å². The summed E-state index contributed by atoms with van der Waals surface area (Å²) in [6.07, 6.45) is 3.62. The van der Waals surface area contributed by atoms with Gasteiger partial charge in [-0.25, -0.2) is 4.79 Å². The molecule has 3 N–H and O–H groups in total. The van der Waals surface area contributed by atoms with Gasteiger partial charge in [-0.2, -0.15) is 0 Å². The number of carboxylic acid groups (broad SMARTS) is 2. The van der Waals surface area contributed by atoms with Crippen molar-refractivity contribution in [1.82, 2.24) is 4.90 Å². The van der Waals surface area contributed by atoms with E-state index in [9.17, 15) is 25.0 Å². The third kappa shape index (κ3) is 9.05. The number of hydrogen-bond donors (Lipinski definition) is 3. The van der Waals surface area contributed by atoms with Gasteiger partial charge >= 0.3 is 6.09 Å². The van der Waals surface area contributed by atoms with E-state index >= 15 is 0 Å². The molecule has 3 saturated heterocycles. The number of rotatable bonds is 11. The van der Waals surface area contributed by atoms with Gasteiger partial charge in [0.1, 0.15) is 21.9 Å². The van der Waals surface area contributed by atoms with Crippen molar-refractivity contribution in [2.75, 3.05) is 38.8 Å². The van der Waals surface area contributed by atoms with E-state index in [4.69, 9.17) is 47.3 Å². The van der Waals surface area contributed by atoms with Gasteiger partial charge in [-0.1, -0.05) is 53.5 Å². The second kappa shape index (κ2) is 17.5. The number of aromatic hydroxyl groups is 1. The fourth-order valence-corrected chi connectivity index (χ4v) is 7.67. The number of phenols is 1. The fourth-order valence-electron chi connectivity index (χ4n) is 7.07. The number of anilines is 1. The van der Waals surface area contributed by atoms with E-state index in [0.717, 1.165) is 30.7 Å². The molecular weight excluding hydrogens is 729 g/mol. The van der Waals surface area contributed by atoms with E-state index in [2.05, 4.69) is 4.90 Å². The highest BCUT2D eigenvalue weighted by Crippen LogP contribution is 2.41. The molecule has 1 amide bonds. The van der Waals surface area contributed by atoms with Crippen molar-refractivity contribution in [3.05, 3.63) is 111 Å². The Bertz CT molecular complexity index is 1930. The van der Waals surface area contributed by atoms with Crippen molar-refractivity contribution in [2.45, 2.75) is 37.8 Å². The first-order valence-corrected chi connectivity index (χ1v) is 17.4. The predicted molar refractivity (Wildman–Crippen MR) is 192 cm³/mol. The van der Waals surface area contributed by atoms with Crippen LogP contribution in [0.2, 0.25) is 10.0 Å². The van der Waals surface area contributed by atoms with Crippen molar-refractivity contribution >= 4 is 47.4 Å². The van der Waals surface area contributed by atoms with Crippen molar-refractivity contribution in [3.63, 3.8) is 0 Å². The topological polar surface area (TPSA) is 173 Å². The van der Waals surface area contributed by atoms with Gasteiger partial charge in [-0.15, -0.1) is 0 Å². The quantitative estimate of drug-likeness (QED) is 0.108. The number of nitrogens with zero attached hydrogens (tertiary/aromatic N) is 3. The zero-order valence-electron chi connectivity index (χ0n) is 29.0. The molecule has 3 aliphatic heterocycles. The number of carbonyl (C=O) groups is 3. The van der Waals surface area contributed by atoms with Gasteiger partial charge in [0.05, 0.1) is 32.4 Å². The number of carbonyl (C=O) groups excluding carboxylic acids is 2. The molecule has 2 atom stereocenters. The number of halogens is 2. The number of methoxy groups -OCH3 is 2. The summed E-state index contributed by atoms with van der Waals surface area (Å²) in [6.45, 7) is 2.22. The molecule has 53 heavy (non-hydrogen) atoms. The molecule has 13 nitrogen and oxygen atoms in total. The second-order valence-electron chi connectivity index (χ2n) is 12.6. The maximum Gasteiger partial charge on any atom is 0.414 e. The monoisotopic (exact) mass is 767 g/mol. The Morgan fingerprint density at radius 2 is 1.68 bits per heavy atom. The predicted octanol–water partition coefficient (Wildman–Crippen LogP) is 4.92. The SMILES string of the molecule is COc1ccc([C@H](Cc2c(Cl)c[n+](O)cc2Cl)c2c(CN(C(=O)O[C@H]3CN4CCC3CC4)c3cccc(O)c3)cccc2C(=O)[O-])cc1OC.O=CO. The van der Waals surface area contributed by atoms with Crippen LogP contribution in [-0.2, 0) is 22.5 Å². The first-order valence-electron chi connectivity index (χ1n) is 16.7. The maximum atomic E-state index is 14.1. The lowest BCUT2D eigenvalue weighted by Crippen LogP contribution is -2.53. The van der Waals surface area contributed by atoms with E-state index in [1.807, 2.05) is 0 Å². The molecule has 3 aromatic carbocycles. The molecule has 15 heteroatoms. The van der Waals surface area contributed by atoms with E-state index in [-0.39, 0.29) is 52.8 Å². The molecule has 0 aliphatic carbocycles. The first-order chi connectivity index (χ1) is 25.5. The molecular formula is C38H39Cl2N3O10. The van der Waals surface area contributed by atoms with Gasteiger partial charge in [-0.05, 0) is 79.2 Å². The van der Waals surface area contributed by atoms with Crippen LogP contribution in [0.25, 0.3) is 0 Å². The van der Waals surface area contributed by atoms with Gasteiger partial charge in [0.15, 0.2) is 11.5 Å². The average molecular weight is 769 g/mol. The minimum Gasteiger partial charge on any atom is -0.545 e. The van der Waals surface area contributed by atoms with Crippen LogP contribution >= 0.6 is 23.2 Å². The summed E-state index contributed by atoms with van der Waals surface area (Å²) in [4.78, 5) is 39.0. The lowest BCUT2D eigenvalue weighted by molar-refractivity contribution is -0.904. The minimum absolute atomic E-state index is 0.0514. The van der Waals surface area contributed by atoms with Crippen LogP contribution in [0, 0.1) is 5.92 Å². The molecule has 2 bridgehead atoms. The minimum atomic E-state index is -1.43. The number of carboxylic acids is 1. The van der Waals surface area contributed by atoms with E-state index < -0.39 is 18.0 Å². The number of pyridine rings is 1. The summed E-state index contributed by atoms with van der Waals surface area (Å²) in [5.74, 6) is -1.10. The molecule has 7 rings (SSSR count). The van der Waals surface area contributed by atoms with Gasteiger partial charge in [-0.3, -0.25) is 19.8 Å². The largest absolute Gasteiger partial charge is 0.545 e.